The zero-order chi connectivity index (χ0) is 16.3. The Balaban J connectivity index is 2.28. The van der Waals surface area contributed by atoms with Crippen molar-refractivity contribution >= 4 is 17.5 Å². The molecule has 1 unspecified atom stereocenters. The summed E-state index contributed by atoms with van der Waals surface area (Å²) in [6.45, 7) is 6.95. The monoisotopic (exact) mass is 302 g/mol. The fourth-order valence-electron chi connectivity index (χ4n) is 3.15. The molecular formula is C18H26N2O2. The molecule has 1 aromatic carbocycles. The highest BCUT2D eigenvalue weighted by Gasteiger charge is 2.23. The summed E-state index contributed by atoms with van der Waals surface area (Å²) in [5, 5.41) is 0. The van der Waals surface area contributed by atoms with Gasteiger partial charge < -0.3 is 10.6 Å². The van der Waals surface area contributed by atoms with E-state index in [1.165, 1.54) is 0 Å². The predicted molar refractivity (Wildman–Crippen MR) is 88.8 cm³/mol. The summed E-state index contributed by atoms with van der Waals surface area (Å²) in [7, 11) is 0. The minimum Gasteiger partial charge on any atom is -0.369 e. The number of hydrogen-bond acceptors (Lipinski definition) is 2. The van der Waals surface area contributed by atoms with Gasteiger partial charge in [0.25, 0.3) is 0 Å². The van der Waals surface area contributed by atoms with Crippen LogP contribution in [-0.4, -0.2) is 18.4 Å². The summed E-state index contributed by atoms with van der Waals surface area (Å²) < 4.78 is 0. The van der Waals surface area contributed by atoms with Gasteiger partial charge >= 0.3 is 0 Å². The largest absolute Gasteiger partial charge is 0.369 e. The lowest BCUT2D eigenvalue weighted by Crippen LogP contribution is -2.35. The fraction of sp³-hybridized carbons (Fsp3) is 0.556. The Morgan fingerprint density at radius 3 is 2.59 bits per heavy atom. The molecule has 0 bridgehead atoms. The van der Waals surface area contributed by atoms with Crippen LogP contribution < -0.4 is 10.6 Å². The maximum atomic E-state index is 12.1. The first kappa shape index (κ1) is 16.5. The van der Waals surface area contributed by atoms with Crippen LogP contribution in [0.15, 0.2) is 18.2 Å². The van der Waals surface area contributed by atoms with Crippen LogP contribution in [-0.2, 0) is 9.59 Å². The first-order chi connectivity index (χ1) is 10.4. The average Bonchev–Trinajstić information content (AvgIpc) is 2.45. The van der Waals surface area contributed by atoms with Crippen molar-refractivity contribution in [1.29, 1.82) is 0 Å². The number of hydrogen-bond donors (Lipinski definition) is 1. The second-order valence-corrected chi connectivity index (χ2v) is 6.63. The third kappa shape index (κ3) is 3.67. The number of carbonyl (C=O) groups is 2. The van der Waals surface area contributed by atoms with Crippen LogP contribution in [0.25, 0.3) is 0 Å². The lowest BCUT2D eigenvalue weighted by atomic mass is 9.88. The minimum absolute atomic E-state index is 0.190. The molecule has 4 heteroatoms. The highest BCUT2D eigenvalue weighted by Crippen LogP contribution is 2.30. The molecule has 0 spiro atoms. The zero-order valence-electron chi connectivity index (χ0n) is 13.8. The van der Waals surface area contributed by atoms with Gasteiger partial charge in [-0.15, -0.1) is 0 Å². The molecule has 1 aliphatic heterocycles. The van der Waals surface area contributed by atoms with Crippen LogP contribution in [0.3, 0.4) is 0 Å². The maximum Gasteiger partial charge on any atom is 0.226 e. The Morgan fingerprint density at radius 2 is 2.05 bits per heavy atom. The predicted octanol–water partition coefficient (Wildman–Crippen LogP) is 3.13. The molecule has 1 fully saturated rings. The van der Waals surface area contributed by atoms with Gasteiger partial charge in [0, 0.05) is 18.7 Å². The molecule has 0 saturated carbocycles. The van der Waals surface area contributed by atoms with E-state index < -0.39 is 0 Å². The van der Waals surface area contributed by atoms with E-state index in [1.807, 2.05) is 30.0 Å². The molecule has 0 radical (unpaired) electrons. The average molecular weight is 302 g/mol. The van der Waals surface area contributed by atoms with Gasteiger partial charge in [0.1, 0.15) is 0 Å². The molecule has 120 valence electrons. The molecule has 1 heterocycles. The number of carbonyl (C=O) groups excluding carboxylic acids is 2. The Labute approximate surface area is 132 Å². The number of piperidine rings is 1. The van der Waals surface area contributed by atoms with E-state index in [4.69, 9.17) is 5.73 Å². The molecule has 1 aromatic rings. The van der Waals surface area contributed by atoms with E-state index in [0.717, 1.165) is 42.6 Å². The van der Waals surface area contributed by atoms with Gasteiger partial charge in [0.15, 0.2) is 0 Å². The summed E-state index contributed by atoms with van der Waals surface area (Å²) in [6.07, 6.45) is 3.39. The number of nitrogens with two attached hydrogens (primary N) is 1. The zero-order valence-corrected chi connectivity index (χ0v) is 13.8. The quantitative estimate of drug-likeness (QED) is 0.908. The molecule has 4 nitrogen and oxygen atoms in total. The van der Waals surface area contributed by atoms with Gasteiger partial charge in [-0.1, -0.05) is 26.0 Å². The third-order valence-electron chi connectivity index (χ3n) is 4.29. The van der Waals surface area contributed by atoms with E-state index in [2.05, 4.69) is 13.8 Å². The van der Waals surface area contributed by atoms with Crippen molar-refractivity contribution in [1.82, 2.24) is 0 Å². The number of aryl methyl sites for hydroxylation is 1. The maximum absolute atomic E-state index is 12.1. The van der Waals surface area contributed by atoms with Crippen LogP contribution >= 0.6 is 0 Å². The van der Waals surface area contributed by atoms with Crippen molar-refractivity contribution in [2.75, 3.05) is 11.4 Å². The van der Waals surface area contributed by atoms with Crippen LogP contribution in [0.2, 0.25) is 0 Å². The lowest BCUT2D eigenvalue weighted by Gasteiger charge is -2.29. The Bertz CT molecular complexity index is 566. The summed E-state index contributed by atoms with van der Waals surface area (Å²) in [5.41, 5.74) is 8.51. The minimum atomic E-state index is -0.283. The Morgan fingerprint density at radius 1 is 1.32 bits per heavy atom. The number of benzene rings is 1. The molecule has 2 N–H and O–H groups in total. The highest BCUT2D eigenvalue weighted by atomic mass is 16.2. The Hall–Kier alpha value is -1.84. The van der Waals surface area contributed by atoms with Crippen molar-refractivity contribution in [3.05, 3.63) is 29.3 Å². The second kappa shape index (κ2) is 6.95. The number of amides is 2. The van der Waals surface area contributed by atoms with Gasteiger partial charge in [-0.05, 0) is 49.3 Å². The van der Waals surface area contributed by atoms with Crippen LogP contribution in [0.5, 0.6) is 0 Å². The summed E-state index contributed by atoms with van der Waals surface area (Å²) in [4.78, 5) is 25.7. The third-order valence-corrected chi connectivity index (χ3v) is 4.29. The second-order valence-electron chi connectivity index (χ2n) is 6.63. The molecular weight excluding hydrogens is 276 g/mol. The van der Waals surface area contributed by atoms with Gasteiger partial charge in [-0.2, -0.15) is 0 Å². The van der Waals surface area contributed by atoms with E-state index in [-0.39, 0.29) is 17.7 Å². The van der Waals surface area contributed by atoms with E-state index in [9.17, 15) is 9.59 Å². The molecule has 1 atom stereocenters. The normalized spacial score (nSPS) is 16.9. The Kier molecular flexibility index (Phi) is 5.22. The van der Waals surface area contributed by atoms with Crippen molar-refractivity contribution in [2.45, 2.75) is 52.4 Å². The van der Waals surface area contributed by atoms with E-state index in [1.54, 1.807) is 0 Å². The molecule has 22 heavy (non-hydrogen) atoms. The van der Waals surface area contributed by atoms with Crippen LogP contribution in [0, 0.1) is 12.8 Å². The standard InChI is InChI=1S/C18H26N2O2/c1-12(2)10-15(18(19)22)14-7-8-16(13(3)11-14)20-9-5-4-6-17(20)21/h7-8,11-12,15H,4-6,9-10H2,1-3H3,(H2,19,22). The lowest BCUT2D eigenvalue weighted by molar-refractivity contribution is -0.120. The fourth-order valence-corrected chi connectivity index (χ4v) is 3.15. The van der Waals surface area contributed by atoms with Gasteiger partial charge in [-0.3, -0.25) is 9.59 Å². The van der Waals surface area contributed by atoms with Crippen molar-refractivity contribution < 1.29 is 9.59 Å². The van der Waals surface area contributed by atoms with E-state index in [0.29, 0.717) is 12.3 Å². The molecule has 0 aliphatic carbocycles. The van der Waals surface area contributed by atoms with Crippen LogP contribution in [0.4, 0.5) is 5.69 Å². The van der Waals surface area contributed by atoms with Gasteiger partial charge in [0.05, 0.1) is 5.92 Å². The van der Waals surface area contributed by atoms with Crippen LogP contribution in [0.1, 0.15) is 56.6 Å². The van der Waals surface area contributed by atoms with E-state index >= 15 is 0 Å². The van der Waals surface area contributed by atoms with Crippen molar-refractivity contribution in [3.63, 3.8) is 0 Å². The van der Waals surface area contributed by atoms with Gasteiger partial charge in [0.2, 0.25) is 11.8 Å². The summed E-state index contributed by atoms with van der Waals surface area (Å²) >= 11 is 0. The molecule has 1 saturated heterocycles. The smallest absolute Gasteiger partial charge is 0.226 e. The number of anilines is 1. The molecule has 2 amide bonds. The van der Waals surface area contributed by atoms with Gasteiger partial charge in [-0.25, -0.2) is 0 Å². The topological polar surface area (TPSA) is 63.4 Å². The first-order valence-corrected chi connectivity index (χ1v) is 8.10. The SMILES string of the molecule is Cc1cc(C(CC(C)C)C(N)=O)ccc1N1CCCCC1=O. The summed E-state index contributed by atoms with van der Waals surface area (Å²) in [6, 6.07) is 5.92. The summed E-state index contributed by atoms with van der Waals surface area (Å²) in [5.74, 6) is 0.0524. The number of primary amides is 1. The van der Waals surface area contributed by atoms with Crippen molar-refractivity contribution in [3.8, 4) is 0 Å². The molecule has 2 rings (SSSR count). The first-order valence-electron chi connectivity index (χ1n) is 8.10. The molecule has 1 aliphatic rings. The molecule has 0 aromatic heterocycles. The van der Waals surface area contributed by atoms with Crippen molar-refractivity contribution in [2.24, 2.45) is 11.7 Å². The number of nitrogens with zero attached hydrogens (tertiary/aromatic N) is 1. The number of rotatable bonds is 5. The highest BCUT2D eigenvalue weighted by molar-refractivity contribution is 5.94.